The summed E-state index contributed by atoms with van der Waals surface area (Å²) < 4.78 is 5.66. The third-order valence-corrected chi connectivity index (χ3v) is 3.97. The Hall–Kier alpha value is -0.440. The van der Waals surface area contributed by atoms with Crippen LogP contribution in [0, 0.1) is 0 Å². The molecule has 0 aromatic heterocycles. The molecule has 0 unspecified atom stereocenters. The van der Waals surface area contributed by atoms with Gasteiger partial charge in [0.15, 0.2) is 0 Å². The molecule has 0 aliphatic carbocycles. The van der Waals surface area contributed by atoms with E-state index in [-0.39, 0.29) is 0 Å². The predicted molar refractivity (Wildman–Crippen MR) is 76.9 cm³/mol. The van der Waals surface area contributed by atoms with Crippen molar-refractivity contribution in [3.05, 3.63) is 28.2 Å². The number of benzene rings is 1. The lowest BCUT2D eigenvalue weighted by Gasteiger charge is -2.26. The number of halogens is 2. The van der Waals surface area contributed by atoms with Crippen LogP contribution in [-0.4, -0.2) is 31.1 Å². The molecular weight excluding hydrogens is 269 g/mol. The first-order valence-corrected chi connectivity index (χ1v) is 7.31. The molecule has 100 valence electrons. The summed E-state index contributed by atoms with van der Waals surface area (Å²) in [6.45, 7) is 4.34. The second kappa shape index (κ2) is 7.22. The molecule has 0 N–H and O–H groups in total. The molecule has 0 saturated carbocycles. The summed E-state index contributed by atoms with van der Waals surface area (Å²) in [5, 5.41) is 1.11. The zero-order chi connectivity index (χ0) is 12.8. The molecule has 1 saturated heterocycles. The van der Waals surface area contributed by atoms with Crippen molar-refractivity contribution in [2.24, 2.45) is 0 Å². The normalized spacial score (nSPS) is 16.8. The van der Waals surface area contributed by atoms with Gasteiger partial charge in [0.1, 0.15) is 5.75 Å². The summed E-state index contributed by atoms with van der Waals surface area (Å²) >= 11 is 11.8. The fourth-order valence-corrected chi connectivity index (χ4v) is 2.52. The highest BCUT2D eigenvalue weighted by Crippen LogP contribution is 2.26. The number of hydrogen-bond donors (Lipinski definition) is 0. The van der Waals surface area contributed by atoms with Gasteiger partial charge in [-0.15, -0.1) is 0 Å². The van der Waals surface area contributed by atoms with Crippen LogP contribution >= 0.6 is 23.2 Å². The van der Waals surface area contributed by atoms with Crippen molar-refractivity contribution >= 4 is 23.2 Å². The van der Waals surface area contributed by atoms with Crippen LogP contribution in [0.1, 0.15) is 25.7 Å². The first-order chi connectivity index (χ1) is 8.75. The Bertz CT molecular complexity index is 378. The molecule has 18 heavy (non-hydrogen) atoms. The average Bonchev–Trinajstić information content (AvgIpc) is 2.40. The van der Waals surface area contributed by atoms with Crippen LogP contribution < -0.4 is 4.74 Å². The molecular formula is C14H19Cl2NO. The van der Waals surface area contributed by atoms with E-state index in [9.17, 15) is 0 Å². The molecule has 1 aliphatic heterocycles. The highest BCUT2D eigenvalue weighted by Gasteiger charge is 2.09. The highest BCUT2D eigenvalue weighted by atomic mass is 35.5. The van der Waals surface area contributed by atoms with Gasteiger partial charge in [-0.25, -0.2) is 0 Å². The van der Waals surface area contributed by atoms with Gasteiger partial charge in [-0.3, -0.25) is 0 Å². The highest BCUT2D eigenvalue weighted by molar-refractivity contribution is 6.42. The molecule has 1 aromatic carbocycles. The van der Waals surface area contributed by atoms with Gasteiger partial charge in [-0.1, -0.05) is 29.6 Å². The molecule has 0 amide bonds. The molecule has 1 aliphatic rings. The Labute approximate surface area is 119 Å². The van der Waals surface area contributed by atoms with Crippen LogP contribution in [0.2, 0.25) is 10.0 Å². The maximum Gasteiger partial charge on any atom is 0.120 e. The Kier molecular flexibility index (Phi) is 5.61. The van der Waals surface area contributed by atoms with Crippen molar-refractivity contribution in [2.75, 3.05) is 26.2 Å². The van der Waals surface area contributed by atoms with E-state index in [4.69, 9.17) is 27.9 Å². The van der Waals surface area contributed by atoms with Crippen molar-refractivity contribution in [3.63, 3.8) is 0 Å². The van der Waals surface area contributed by atoms with Crippen LogP contribution in [0.5, 0.6) is 5.75 Å². The summed E-state index contributed by atoms with van der Waals surface area (Å²) in [6, 6.07) is 5.39. The van der Waals surface area contributed by atoms with Crippen LogP contribution in [0.3, 0.4) is 0 Å². The van der Waals surface area contributed by atoms with E-state index < -0.39 is 0 Å². The lowest BCUT2D eigenvalue weighted by Crippen LogP contribution is -2.31. The molecule has 1 fully saturated rings. The van der Waals surface area contributed by atoms with Crippen molar-refractivity contribution < 1.29 is 4.74 Å². The van der Waals surface area contributed by atoms with Crippen molar-refractivity contribution in [1.29, 1.82) is 0 Å². The molecule has 0 atom stereocenters. The van der Waals surface area contributed by atoms with Crippen LogP contribution in [0.25, 0.3) is 0 Å². The van der Waals surface area contributed by atoms with E-state index in [1.165, 1.54) is 32.4 Å². The van der Waals surface area contributed by atoms with Gasteiger partial charge >= 0.3 is 0 Å². The first kappa shape index (κ1) is 14.0. The topological polar surface area (TPSA) is 12.5 Å². The zero-order valence-corrected chi connectivity index (χ0v) is 12.0. The standard InChI is InChI=1S/C14H19Cl2NO/c15-13-6-5-12(11-14(13)16)18-10-4-9-17-7-2-1-3-8-17/h5-6,11H,1-4,7-10H2. The molecule has 4 heteroatoms. The summed E-state index contributed by atoms with van der Waals surface area (Å²) in [6.07, 6.45) is 5.12. The van der Waals surface area contributed by atoms with Crippen LogP contribution in [0.4, 0.5) is 0 Å². The minimum atomic E-state index is 0.546. The van der Waals surface area contributed by atoms with Crippen LogP contribution in [0.15, 0.2) is 18.2 Å². The van der Waals surface area contributed by atoms with E-state index in [0.717, 1.165) is 25.3 Å². The minimum absolute atomic E-state index is 0.546. The van der Waals surface area contributed by atoms with E-state index in [0.29, 0.717) is 10.0 Å². The van der Waals surface area contributed by atoms with Crippen molar-refractivity contribution in [1.82, 2.24) is 4.90 Å². The van der Waals surface area contributed by atoms with Gasteiger partial charge in [0.2, 0.25) is 0 Å². The molecule has 2 nitrogen and oxygen atoms in total. The number of rotatable bonds is 5. The second-order valence-corrected chi connectivity index (χ2v) is 5.49. The number of ether oxygens (including phenoxy) is 1. The second-order valence-electron chi connectivity index (χ2n) is 4.68. The van der Waals surface area contributed by atoms with Crippen LogP contribution in [-0.2, 0) is 0 Å². The fourth-order valence-electron chi connectivity index (χ4n) is 2.23. The van der Waals surface area contributed by atoms with E-state index in [1.54, 1.807) is 12.1 Å². The fraction of sp³-hybridized carbons (Fsp3) is 0.571. The number of nitrogens with zero attached hydrogens (tertiary/aromatic N) is 1. The third kappa shape index (κ3) is 4.34. The van der Waals surface area contributed by atoms with Gasteiger partial charge in [0, 0.05) is 12.6 Å². The largest absolute Gasteiger partial charge is 0.493 e. The zero-order valence-electron chi connectivity index (χ0n) is 10.5. The quantitative estimate of drug-likeness (QED) is 0.751. The number of piperidine rings is 1. The summed E-state index contributed by atoms with van der Waals surface area (Å²) in [4.78, 5) is 2.52. The van der Waals surface area contributed by atoms with Gasteiger partial charge in [0.05, 0.1) is 16.7 Å². The summed E-state index contributed by atoms with van der Waals surface area (Å²) in [5.74, 6) is 0.794. The lowest BCUT2D eigenvalue weighted by molar-refractivity contribution is 0.205. The maximum absolute atomic E-state index is 5.93. The Morgan fingerprint density at radius 1 is 1.06 bits per heavy atom. The molecule has 1 aromatic rings. The van der Waals surface area contributed by atoms with E-state index in [1.807, 2.05) is 6.07 Å². The summed E-state index contributed by atoms with van der Waals surface area (Å²) in [5.41, 5.74) is 0. The summed E-state index contributed by atoms with van der Waals surface area (Å²) in [7, 11) is 0. The third-order valence-electron chi connectivity index (χ3n) is 3.23. The number of likely N-dealkylation sites (tertiary alicyclic amines) is 1. The average molecular weight is 288 g/mol. The number of hydrogen-bond acceptors (Lipinski definition) is 2. The lowest BCUT2D eigenvalue weighted by atomic mass is 10.1. The smallest absolute Gasteiger partial charge is 0.120 e. The van der Waals surface area contributed by atoms with Crippen molar-refractivity contribution in [2.45, 2.75) is 25.7 Å². The molecule has 0 radical (unpaired) electrons. The molecule has 2 rings (SSSR count). The van der Waals surface area contributed by atoms with Gasteiger partial charge in [-0.2, -0.15) is 0 Å². The Morgan fingerprint density at radius 3 is 2.56 bits per heavy atom. The maximum atomic E-state index is 5.93. The van der Waals surface area contributed by atoms with Gasteiger partial charge in [-0.05, 0) is 44.5 Å². The molecule has 1 heterocycles. The predicted octanol–water partition coefficient (Wildman–Crippen LogP) is 4.25. The van der Waals surface area contributed by atoms with Crippen molar-refractivity contribution in [3.8, 4) is 5.75 Å². The Morgan fingerprint density at radius 2 is 1.83 bits per heavy atom. The van der Waals surface area contributed by atoms with Gasteiger partial charge in [0.25, 0.3) is 0 Å². The molecule has 0 bridgehead atoms. The molecule has 0 spiro atoms. The Balaban J connectivity index is 1.66. The monoisotopic (exact) mass is 287 g/mol. The van der Waals surface area contributed by atoms with Gasteiger partial charge < -0.3 is 9.64 Å². The first-order valence-electron chi connectivity index (χ1n) is 6.56. The minimum Gasteiger partial charge on any atom is -0.493 e. The van der Waals surface area contributed by atoms with E-state index >= 15 is 0 Å². The van der Waals surface area contributed by atoms with E-state index in [2.05, 4.69) is 4.90 Å². The SMILES string of the molecule is Clc1ccc(OCCCN2CCCCC2)cc1Cl.